The Balaban J connectivity index is 1.70. The van der Waals surface area contributed by atoms with Crippen molar-refractivity contribution in [2.45, 2.75) is 72.1 Å². The minimum Gasteiger partial charge on any atom is -0.295 e. The number of rotatable bonds is 1. The molecule has 0 aromatic heterocycles. The van der Waals surface area contributed by atoms with E-state index in [0.29, 0.717) is 23.5 Å². The first-order valence-corrected chi connectivity index (χ1v) is 10.1. The normalized spacial score (nSPS) is 50.3. The van der Waals surface area contributed by atoms with Crippen LogP contribution in [0, 0.1) is 51.8 Å². The second kappa shape index (κ2) is 5.45. The number of allylic oxidation sites excluding steroid dienone is 1. The number of hydrogen-bond donors (Lipinski definition) is 0. The van der Waals surface area contributed by atoms with Crippen molar-refractivity contribution in [1.82, 2.24) is 0 Å². The quantitative estimate of drug-likeness (QED) is 0.657. The number of nitriles is 1. The molecule has 0 aliphatic heterocycles. The van der Waals surface area contributed by atoms with Crippen LogP contribution >= 0.6 is 0 Å². The first kappa shape index (κ1) is 16.4. The van der Waals surface area contributed by atoms with E-state index in [1.807, 2.05) is 6.08 Å². The zero-order chi connectivity index (χ0) is 17.1. The van der Waals surface area contributed by atoms with Gasteiger partial charge in [0.25, 0.3) is 0 Å². The molecule has 0 heterocycles. The van der Waals surface area contributed by atoms with E-state index in [4.69, 9.17) is 0 Å². The van der Waals surface area contributed by atoms with Crippen molar-refractivity contribution < 1.29 is 4.79 Å². The summed E-state index contributed by atoms with van der Waals surface area (Å²) in [6, 6.07) is 2.71. The predicted molar refractivity (Wildman–Crippen MR) is 95.0 cm³/mol. The number of carbonyl (C=O) groups excluding carboxylic acids is 1. The molecule has 7 atom stereocenters. The molecule has 2 nitrogen and oxygen atoms in total. The summed E-state index contributed by atoms with van der Waals surface area (Å²) in [7, 11) is 0. The molecule has 4 rings (SSSR count). The van der Waals surface area contributed by atoms with Crippen LogP contribution in [0.3, 0.4) is 0 Å². The van der Waals surface area contributed by atoms with Gasteiger partial charge in [-0.1, -0.05) is 19.4 Å². The van der Waals surface area contributed by atoms with Crippen molar-refractivity contribution in [3.63, 3.8) is 0 Å². The number of nitrogens with zero attached hydrogens (tertiary/aromatic N) is 1. The average Bonchev–Trinajstić information content (AvgIpc) is 2.86. The van der Waals surface area contributed by atoms with Crippen LogP contribution in [0.15, 0.2) is 11.6 Å². The van der Waals surface area contributed by atoms with Crippen molar-refractivity contribution in [3.05, 3.63) is 11.6 Å². The third kappa shape index (κ3) is 2.03. The predicted octanol–water partition coefficient (Wildman–Crippen LogP) is 5.29. The van der Waals surface area contributed by atoms with Crippen LogP contribution in [0.2, 0.25) is 0 Å². The summed E-state index contributed by atoms with van der Waals surface area (Å²) < 4.78 is 0. The van der Waals surface area contributed by atoms with Crippen molar-refractivity contribution >= 4 is 5.78 Å². The second-order valence-electron chi connectivity index (χ2n) is 9.47. The Morgan fingerprint density at radius 2 is 2.00 bits per heavy atom. The molecular formula is C22H31NO. The Morgan fingerprint density at radius 1 is 1.21 bits per heavy atom. The molecule has 0 amide bonds. The van der Waals surface area contributed by atoms with Crippen LogP contribution in [0.1, 0.15) is 72.1 Å². The molecule has 3 fully saturated rings. The molecule has 4 aliphatic rings. The number of hydrogen-bond acceptors (Lipinski definition) is 2. The van der Waals surface area contributed by atoms with Gasteiger partial charge in [0.2, 0.25) is 0 Å². The van der Waals surface area contributed by atoms with Crippen molar-refractivity contribution in [1.29, 1.82) is 5.26 Å². The second-order valence-corrected chi connectivity index (χ2v) is 9.47. The monoisotopic (exact) mass is 325 g/mol. The van der Waals surface area contributed by atoms with Crippen molar-refractivity contribution in [2.75, 3.05) is 0 Å². The van der Waals surface area contributed by atoms with Gasteiger partial charge in [-0.2, -0.15) is 5.26 Å². The summed E-state index contributed by atoms with van der Waals surface area (Å²) in [5, 5.41) is 9.84. The maximum absolute atomic E-state index is 12.0. The van der Waals surface area contributed by atoms with E-state index in [1.54, 1.807) is 0 Å². The molecule has 0 bridgehead atoms. The highest BCUT2D eigenvalue weighted by Crippen LogP contribution is 2.68. The fourth-order valence-electron chi connectivity index (χ4n) is 7.18. The van der Waals surface area contributed by atoms with Gasteiger partial charge in [0.1, 0.15) is 0 Å². The molecule has 0 saturated heterocycles. The smallest absolute Gasteiger partial charge is 0.155 e. The Labute approximate surface area is 146 Å². The summed E-state index contributed by atoms with van der Waals surface area (Å²) in [5.74, 6) is 3.89. The summed E-state index contributed by atoms with van der Waals surface area (Å²) >= 11 is 0. The fraction of sp³-hybridized carbons (Fsp3) is 0.818. The number of ketones is 1. The topological polar surface area (TPSA) is 40.9 Å². The van der Waals surface area contributed by atoms with E-state index in [9.17, 15) is 10.1 Å². The summed E-state index contributed by atoms with van der Waals surface area (Å²) in [6.07, 6.45) is 11.1. The van der Waals surface area contributed by atoms with Crippen LogP contribution in [0.4, 0.5) is 0 Å². The third-order valence-corrected chi connectivity index (χ3v) is 8.84. The Hall–Kier alpha value is -1.10. The lowest BCUT2D eigenvalue weighted by Crippen LogP contribution is -2.50. The van der Waals surface area contributed by atoms with Gasteiger partial charge in [0, 0.05) is 6.42 Å². The largest absolute Gasteiger partial charge is 0.295 e. The van der Waals surface area contributed by atoms with E-state index in [0.717, 1.165) is 37.5 Å². The number of carbonyl (C=O) groups is 1. The van der Waals surface area contributed by atoms with Gasteiger partial charge in [-0.25, -0.2) is 0 Å². The zero-order valence-corrected chi connectivity index (χ0v) is 15.5. The molecule has 4 aliphatic carbocycles. The number of fused-ring (bicyclic) bond motifs is 5. The first-order valence-electron chi connectivity index (χ1n) is 10.1. The summed E-state index contributed by atoms with van der Waals surface area (Å²) in [6.45, 7) is 6.93. The van der Waals surface area contributed by atoms with Gasteiger partial charge in [0.05, 0.1) is 11.5 Å². The summed E-state index contributed by atoms with van der Waals surface area (Å²) in [5.41, 5.74) is 1.57. The van der Waals surface area contributed by atoms with Crippen molar-refractivity contribution in [2.24, 2.45) is 40.4 Å². The van der Waals surface area contributed by atoms with Gasteiger partial charge in [0.15, 0.2) is 5.78 Å². The lowest BCUT2D eigenvalue weighted by molar-refractivity contribution is -0.116. The third-order valence-electron chi connectivity index (χ3n) is 8.84. The zero-order valence-electron chi connectivity index (χ0n) is 15.5. The van der Waals surface area contributed by atoms with Gasteiger partial charge < -0.3 is 0 Å². The lowest BCUT2D eigenvalue weighted by atomic mass is 9.47. The van der Waals surface area contributed by atoms with Crippen LogP contribution in [-0.2, 0) is 4.79 Å². The van der Waals surface area contributed by atoms with E-state index >= 15 is 0 Å². The molecule has 24 heavy (non-hydrogen) atoms. The Morgan fingerprint density at radius 3 is 2.71 bits per heavy atom. The first-order chi connectivity index (χ1) is 11.4. The van der Waals surface area contributed by atoms with Crippen LogP contribution in [-0.4, -0.2) is 5.78 Å². The molecule has 0 aromatic rings. The maximum Gasteiger partial charge on any atom is 0.155 e. The lowest BCUT2D eigenvalue weighted by Gasteiger charge is -2.56. The van der Waals surface area contributed by atoms with Crippen molar-refractivity contribution in [3.8, 4) is 6.07 Å². The van der Waals surface area contributed by atoms with E-state index in [1.165, 1.54) is 31.3 Å². The molecule has 1 unspecified atom stereocenters. The van der Waals surface area contributed by atoms with Crippen LogP contribution in [0.25, 0.3) is 0 Å². The molecule has 0 N–H and O–H groups in total. The maximum atomic E-state index is 12.0. The molecule has 0 radical (unpaired) electrons. The van der Waals surface area contributed by atoms with Gasteiger partial charge >= 0.3 is 0 Å². The van der Waals surface area contributed by atoms with E-state index < -0.39 is 0 Å². The van der Waals surface area contributed by atoms with Crippen LogP contribution < -0.4 is 0 Å². The van der Waals surface area contributed by atoms with E-state index in [2.05, 4.69) is 26.8 Å². The highest BCUT2D eigenvalue weighted by atomic mass is 16.1. The van der Waals surface area contributed by atoms with Gasteiger partial charge in [-0.05, 0) is 93.0 Å². The minimum atomic E-state index is -0.136. The SMILES string of the molecule is CCC1C[C@@H]2[C@H](CC[C@@]3(C)[C@H]2CC[C@]3(C)C#N)[C@H]2CCC(=O)C=C12. The van der Waals surface area contributed by atoms with Gasteiger partial charge in [-0.15, -0.1) is 0 Å². The highest BCUT2D eigenvalue weighted by Gasteiger charge is 2.61. The Kier molecular flexibility index (Phi) is 3.72. The molecule has 0 spiro atoms. The molecule has 3 saturated carbocycles. The van der Waals surface area contributed by atoms with E-state index in [-0.39, 0.29) is 10.8 Å². The highest BCUT2D eigenvalue weighted by molar-refractivity contribution is 5.91. The average molecular weight is 325 g/mol. The summed E-state index contributed by atoms with van der Waals surface area (Å²) in [4.78, 5) is 12.0. The fourth-order valence-corrected chi connectivity index (χ4v) is 7.18. The van der Waals surface area contributed by atoms with Crippen LogP contribution in [0.5, 0.6) is 0 Å². The Bertz CT molecular complexity index is 628. The molecular weight excluding hydrogens is 294 g/mol. The molecule has 2 heteroatoms. The van der Waals surface area contributed by atoms with Gasteiger partial charge in [-0.3, -0.25) is 4.79 Å². The molecule has 0 aromatic carbocycles. The standard InChI is InChI=1S/C22H31NO/c1-4-14-11-19-17(16-6-5-15(24)12-18(14)16)7-10-22(3)20(19)8-9-21(22,2)13-23/h12,14,16-17,19-20H,4-11H2,1-3H3/t14?,16-,17-,19-,20+,21-,22+/m1/s1. The molecule has 130 valence electrons. The minimum absolute atomic E-state index is 0.136.